The second-order valence-corrected chi connectivity index (χ2v) is 5.02. The van der Waals surface area contributed by atoms with Gasteiger partial charge in [-0.3, -0.25) is 9.59 Å². The zero-order valence-corrected chi connectivity index (χ0v) is 13.2. The second kappa shape index (κ2) is 8.36. The summed E-state index contributed by atoms with van der Waals surface area (Å²) in [6.07, 6.45) is 0. The zero-order valence-electron chi connectivity index (χ0n) is 12.3. The number of benzene rings is 1. The van der Waals surface area contributed by atoms with Gasteiger partial charge in [-0.25, -0.2) is 0 Å². The van der Waals surface area contributed by atoms with Crippen LogP contribution in [0, 0.1) is 0 Å². The van der Waals surface area contributed by atoms with Crippen molar-refractivity contribution in [3.8, 4) is 0 Å². The highest BCUT2D eigenvalue weighted by Crippen LogP contribution is 2.19. The molecule has 3 N–H and O–H groups in total. The van der Waals surface area contributed by atoms with Gasteiger partial charge in [0.2, 0.25) is 11.8 Å². The number of nitrogens with one attached hydrogen (secondary N) is 1. The average Bonchev–Trinajstić information content (AvgIpc) is 2.45. The molecule has 0 saturated carbocycles. The molecule has 1 rings (SSSR count). The van der Waals surface area contributed by atoms with E-state index in [1.165, 1.54) is 4.90 Å². The molecule has 1 unspecified atom stereocenters. The average molecular weight is 307 g/mol. The summed E-state index contributed by atoms with van der Waals surface area (Å²) in [5, 5.41) is 2.68. The molecule has 114 valence electrons. The molecular weight excluding hydrogens is 286 g/mol. The first-order chi connectivity index (χ1) is 10.0. The lowest BCUT2D eigenvalue weighted by Crippen LogP contribution is -2.45. The Balaban J connectivity index is 2.94. The molecule has 0 bridgehead atoms. The molecule has 5 nitrogen and oxygen atoms in total. The largest absolute Gasteiger partial charge is 0.392 e. The monoisotopic (exact) mass is 307 g/mol. The summed E-state index contributed by atoms with van der Waals surface area (Å²) in [6.45, 7) is 4.61. The fraction of sp³-hybridized carbons (Fsp3) is 0.400. The topological polar surface area (TPSA) is 75.4 Å². The molecule has 0 radical (unpaired) electrons. The summed E-state index contributed by atoms with van der Waals surface area (Å²) >= 11 is 5.04. The van der Waals surface area contributed by atoms with Crippen molar-refractivity contribution in [2.24, 2.45) is 5.73 Å². The van der Waals surface area contributed by atoms with Crippen LogP contribution in [-0.2, 0) is 9.59 Å². The van der Waals surface area contributed by atoms with Gasteiger partial charge in [-0.1, -0.05) is 42.5 Å². The normalized spacial score (nSPS) is 11.5. The first-order valence-corrected chi connectivity index (χ1v) is 7.31. The zero-order chi connectivity index (χ0) is 15.8. The molecule has 2 amide bonds. The Morgan fingerprint density at radius 3 is 2.38 bits per heavy atom. The van der Waals surface area contributed by atoms with E-state index in [4.69, 9.17) is 18.0 Å². The van der Waals surface area contributed by atoms with Crippen molar-refractivity contribution in [2.75, 3.05) is 19.6 Å². The van der Waals surface area contributed by atoms with Crippen molar-refractivity contribution >= 4 is 29.0 Å². The summed E-state index contributed by atoms with van der Waals surface area (Å²) < 4.78 is 0. The van der Waals surface area contributed by atoms with Gasteiger partial charge in [0.25, 0.3) is 0 Å². The summed E-state index contributed by atoms with van der Waals surface area (Å²) in [4.78, 5) is 25.9. The van der Waals surface area contributed by atoms with E-state index in [0.717, 1.165) is 5.56 Å². The van der Waals surface area contributed by atoms with Gasteiger partial charge in [-0.05, 0) is 19.4 Å². The molecule has 6 heteroatoms. The van der Waals surface area contributed by atoms with Crippen molar-refractivity contribution < 1.29 is 9.59 Å². The summed E-state index contributed by atoms with van der Waals surface area (Å²) in [5.74, 6) is -1.14. The van der Waals surface area contributed by atoms with Crippen LogP contribution in [0.15, 0.2) is 30.3 Å². The van der Waals surface area contributed by atoms with Crippen LogP contribution in [0.2, 0.25) is 0 Å². The molecule has 21 heavy (non-hydrogen) atoms. The lowest BCUT2D eigenvalue weighted by molar-refractivity contribution is -0.135. The molecule has 0 aliphatic heterocycles. The molecule has 0 spiro atoms. The number of amides is 2. The van der Waals surface area contributed by atoms with Gasteiger partial charge in [0.05, 0.1) is 11.5 Å². The highest BCUT2D eigenvalue weighted by molar-refractivity contribution is 7.80. The molecular formula is C15H21N3O2S. The van der Waals surface area contributed by atoms with Crippen molar-refractivity contribution in [2.45, 2.75) is 19.8 Å². The fourth-order valence-electron chi connectivity index (χ4n) is 2.03. The van der Waals surface area contributed by atoms with E-state index in [1.54, 1.807) is 0 Å². The molecule has 0 aliphatic rings. The van der Waals surface area contributed by atoms with E-state index in [9.17, 15) is 9.59 Å². The summed E-state index contributed by atoms with van der Waals surface area (Å²) in [7, 11) is 0. The quantitative estimate of drug-likeness (QED) is 0.738. The van der Waals surface area contributed by atoms with Crippen LogP contribution in [0.3, 0.4) is 0 Å². The Morgan fingerprint density at radius 1 is 1.29 bits per heavy atom. The lowest BCUT2D eigenvalue weighted by Gasteiger charge is -2.25. The number of carbonyl (C=O) groups is 2. The van der Waals surface area contributed by atoms with Gasteiger partial charge in [0.15, 0.2) is 0 Å². The van der Waals surface area contributed by atoms with E-state index in [1.807, 2.05) is 44.2 Å². The van der Waals surface area contributed by atoms with Crippen molar-refractivity contribution in [1.82, 2.24) is 10.2 Å². The standard InChI is InChI=1S/C15H21N3O2S/c1-3-17-12(19)10-18(4-2)15(20)13(14(16)21)11-8-6-5-7-9-11/h5-9,13H,3-4,10H2,1-2H3,(H2,16,21)(H,17,19). The number of nitrogens with zero attached hydrogens (tertiary/aromatic N) is 1. The van der Waals surface area contributed by atoms with Gasteiger partial charge < -0.3 is 16.0 Å². The van der Waals surface area contributed by atoms with Gasteiger partial charge in [0.1, 0.15) is 5.92 Å². The minimum atomic E-state index is -0.699. The molecule has 0 aromatic heterocycles. The Labute approximate surface area is 130 Å². The number of carbonyl (C=O) groups excluding carboxylic acids is 2. The van der Waals surface area contributed by atoms with Crippen LogP contribution in [0.5, 0.6) is 0 Å². The number of hydrogen-bond donors (Lipinski definition) is 2. The van der Waals surface area contributed by atoms with E-state index in [-0.39, 0.29) is 23.3 Å². The minimum Gasteiger partial charge on any atom is -0.392 e. The van der Waals surface area contributed by atoms with Gasteiger partial charge in [0, 0.05) is 13.1 Å². The number of likely N-dealkylation sites (N-methyl/N-ethyl adjacent to an activating group) is 2. The number of thiocarbonyl (C=S) groups is 1. The predicted octanol–water partition coefficient (Wildman–Crippen LogP) is 1.04. The minimum absolute atomic E-state index is 0.00905. The molecule has 1 aromatic carbocycles. The summed E-state index contributed by atoms with van der Waals surface area (Å²) in [6, 6.07) is 9.13. The predicted molar refractivity (Wildman–Crippen MR) is 86.9 cm³/mol. The number of rotatable bonds is 7. The Morgan fingerprint density at radius 2 is 1.90 bits per heavy atom. The smallest absolute Gasteiger partial charge is 0.239 e. The van der Waals surface area contributed by atoms with Crippen LogP contribution in [0.1, 0.15) is 25.3 Å². The highest BCUT2D eigenvalue weighted by Gasteiger charge is 2.28. The van der Waals surface area contributed by atoms with Gasteiger partial charge >= 0.3 is 0 Å². The maximum Gasteiger partial charge on any atom is 0.239 e. The van der Waals surface area contributed by atoms with E-state index >= 15 is 0 Å². The lowest BCUT2D eigenvalue weighted by atomic mass is 9.97. The van der Waals surface area contributed by atoms with Crippen LogP contribution >= 0.6 is 12.2 Å². The maximum absolute atomic E-state index is 12.6. The second-order valence-electron chi connectivity index (χ2n) is 4.55. The third kappa shape index (κ3) is 4.82. The number of hydrogen-bond acceptors (Lipinski definition) is 3. The van der Waals surface area contributed by atoms with E-state index < -0.39 is 5.92 Å². The molecule has 0 saturated heterocycles. The van der Waals surface area contributed by atoms with Crippen LogP contribution < -0.4 is 11.1 Å². The molecule has 1 aromatic rings. The molecule has 0 aliphatic carbocycles. The van der Waals surface area contributed by atoms with Crippen molar-refractivity contribution in [3.63, 3.8) is 0 Å². The molecule has 0 heterocycles. The van der Waals surface area contributed by atoms with Crippen molar-refractivity contribution in [3.05, 3.63) is 35.9 Å². The van der Waals surface area contributed by atoms with Crippen molar-refractivity contribution in [1.29, 1.82) is 0 Å². The van der Waals surface area contributed by atoms with Gasteiger partial charge in [-0.15, -0.1) is 0 Å². The van der Waals surface area contributed by atoms with Crippen LogP contribution in [0.25, 0.3) is 0 Å². The van der Waals surface area contributed by atoms with Crippen LogP contribution in [-0.4, -0.2) is 41.3 Å². The van der Waals surface area contributed by atoms with E-state index in [0.29, 0.717) is 13.1 Å². The molecule has 0 fully saturated rings. The fourth-order valence-corrected chi connectivity index (χ4v) is 2.27. The Kier molecular flexibility index (Phi) is 6.81. The Hall–Kier alpha value is -1.95. The first-order valence-electron chi connectivity index (χ1n) is 6.91. The van der Waals surface area contributed by atoms with Crippen LogP contribution in [0.4, 0.5) is 0 Å². The molecule has 1 atom stereocenters. The first kappa shape index (κ1) is 17.1. The third-order valence-electron chi connectivity index (χ3n) is 3.07. The van der Waals surface area contributed by atoms with E-state index in [2.05, 4.69) is 5.32 Å². The SMILES string of the molecule is CCNC(=O)CN(CC)C(=O)C(C(N)=S)c1ccccc1. The summed E-state index contributed by atoms with van der Waals surface area (Å²) in [5.41, 5.74) is 6.48. The van der Waals surface area contributed by atoms with Gasteiger partial charge in [-0.2, -0.15) is 0 Å². The third-order valence-corrected chi connectivity index (χ3v) is 3.30. The Bertz CT molecular complexity index is 505. The highest BCUT2D eigenvalue weighted by atomic mass is 32.1. The number of nitrogens with two attached hydrogens (primary N) is 1. The maximum atomic E-state index is 12.6.